The SMILES string of the molecule is CC1CCC(C(NN)c2ccccc2Br)CC1. The summed E-state index contributed by atoms with van der Waals surface area (Å²) in [7, 11) is 0. The Balaban J connectivity index is 2.14. The number of halogens is 1. The van der Waals surface area contributed by atoms with Gasteiger partial charge in [-0.05, 0) is 36.3 Å². The molecule has 1 unspecified atom stereocenters. The van der Waals surface area contributed by atoms with Crippen molar-refractivity contribution >= 4 is 15.9 Å². The lowest BCUT2D eigenvalue weighted by Crippen LogP contribution is -2.35. The maximum atomic E-state index is 5.77. The van der Waals surface area contributed by atoms with Gasteiger partial charge >= 0.3 is 0 Å². The van der Waals surface area contributed by atoms with Gasteiger partial charge in [-0.2, -0.15) is 0 Å². The van der Waals surface area contributed by atoms with Crippen LogP contribution in [0.1, 0.15) is 44.2 Å². The molecule has 1 aliphatic rings. The Kier molecular flexibility index (Phi) is 4.60. The van der Waals surface area contributed by atoms with E-state index in [2.05, 4.69) is 46.5 Å². The van der Waals surface area contributed by atoms with Gasteiger partial charge in [0, 0.05) is 10.5 Å². The largest absolute Gasteiger partial charge is 0.271 e. The Bertz CT molecular complexity index is 359. The van der Waals surface area contributed by atoms with Gasteiger partial charge in [-0.1, -0.05) is 53.9 Å². The first kappa shape index (κ1) is 13.1. The monoisotopic (exact) mass is 296 g/mol. The predicted molar refractivity (Wildman–Crippen MR) is 75.3 cm³/mol. The molecule has 2 rings (SSSR count). The van der Waals surface area contributed by atoms with E-state index in [1.165, 1.54) is 31.2 Å². The summed E-state index contributed by atoms with van der Waals surface area (Å²) in [6, 6.07) is 8.65. The summed E-state index contributed by atoms with van der Waals surface area (Å²) in [5, 5.41) is 0. The van der Waals surface area contributed by atoms with E-state index in [1.807, 2.05) is 6.07 Å². The minimum atomic E-state index is 0.276. The maximum Gasteiger partial charge on any atom is 0.0499 e. The highest BCUT2D eigenvalue weighted by atomic mass is 79.9. The molecule has 0 spiro atoms. The van der Waals surface area contributed by atoms with E-state index in [0.29, 0.717) is 5.92 Å². The summed E-state index contributed by atoms with van der Waals surface area (Å²) in [6.07, 6.45) is 5.20. The van der Waals surface area contributed by atoms with Crippen molar-refractivity contribution in [3.63, 3.8) is 0 Å². The third kappa shape index (κ3) is 3.09. The van der Waals surface area contributed by atoms with E-state index in [9.17, 15) is 0 Å². The number of benzene rings is 1. The second-order valence-electron chi connectivity index (χ2n) is 5.19. The molecule has 0 bridgehead atoms. The van der Waals surface area contributed by atoms with Gasteiger partial charge in [0.2, 0.25) is 0 Å². The molecular formula is C14H21BrN2. The van der Waals surface area contributed by atoms with Crippen LogP contribution < -0.4 is 11.3 Å². The van der Waals surface area contributed by atoms with E-state index in [0.717, 1.165) is 10.4 Å². The van der Waals surface area contributed by atoms with Gasteiger partial charge in [-0.3, -0.25) is 11.3 Å². The predicted octanol–water partition coefficient (Wildman–Crippen LogP) is 3.78. The van der Waals surface area contributed by atoms with Gasteiger partial charge in [0.15, 0.2) is 0 Å². The molecule has 1 fully saturated rings. The Morgan fingerprint density at radius 3 is 2.47 bits per heavy atom. The quantitative estimate of drug-likeness (QED) is 0.658. The second kappa shape index (κ2) is 5.98. The molecule has 94 valence electrons. The molecule has 1 atom stereocenters. The van der Waals surface area contributed by atoms with Crippen LogP contribution in [0.5, 0.6) is 0 Å². The molecule has 1 aromatic carbocycles. The average Bonchev–Trinajstić information content (AvgIpc) is 2.35. The Hall–Kier alpha value is -0.380. The van der Waals surface area contributed by atoms with Crippen molar-refractivity contribution in [1.29, 1.82) is 0 Å². The van der Waals surface area contributed by atoms with Gasteiger partial charge in [-0.25, -0.2) is 0 Å². The number of hydrazine groups is 1. The van der Waals surface area contributed by atoms with Crippen LogP contribution in [0.3, 0.4) is 0 Å². The first-order chi connectivity index (χ1) is 8.22. The number of hydrogen-bond acceptors (Lipinski definition) is 2. The molecule has 0 radical (unpaired) electrons. The second-order valence-corrected chi connectivity index (χ2v) is 6.04. The molecule has 3 N–H and O–H groups in total. The molecule has 2 nitrogen and oxygen atoms in total. The van der Waals surface area contributed by atoms with Crippen molar-refractivity contribution in [2.24, 2.45) is 17.7 Å². The molecule has 1 saturated carbocycles. The number of rotatable bonds is 3. The van der Waals surface area contributed by atoms with Crippen LogP contribution in [0.2, 0.25) is 0 Å². The van der Waals surface area contributed by atoms with Gasteiger partial charge in [-0.15, -0.1) is 0 Å². The Morgan fingerprint density at radius 1 is 1.24 bits per heavy atom. The highest BCUT2D eigenvalue weighted by Gasteiger charge is 2.27. The molecule has 0 aliphatic heterocycles. The van der Waals surface area contributed by atoms with Crippen LogP contribution in [-0.2, 0) is 0 Å². The molecule has 0 aromatic heterocycles. The molecule has 0 heterocycles. The van der Waals surface area contributed by atoms with Gasteiger partial charge < -0.3 is 0 Å². The highest BCUT2D eigenvalue weighted by Crippen LogP contribution is 2.38. The fraction of sp³-hybridized carbons (Fsp3) is 0.571. The smallest absolute Gasteiger partial charge is 0.0499 e. The van der Waals surface area contributed by atoms with E-state index >= 15 is 0 Å². The summed E-state index contributed by atoms with van der Waals surface area (Å²) in [5.74, 6) is 7.31. The summed E-state index contributed by atoms with van der Waals surface area (Å²) in [5.41, 5.74) is 4.30. The van der Waals surface area contributed by atoms with Gasteiger partial charge in [0.1, 0.15) is 0 Å². The van der Waals surface area contributed by atoms with Crippen molar-refractivity contribution in [2.75, 3.05) is 0 Å². The zero-order valence-electron chi connectivity index (χ0n) is 10.3. The van der Waals surface area contributed by atoms with Crippen molar-refractivity contribution in [3.05, 3.63) is 34.3 Å². The van der Waals surface area contributed by atoms with Crippen LogP contribution >= 0.6 is 15.9 Å². The lowest BCUT2D eigenvalue weighted by molar-refractivity contribution is 0.232. The summed E-state index contributed by atoms with van der Waals surface area (Å²) in [6.45, 7) is 2.35. The summed E-state index contributed by atoms with van der Waals surface area (Å²) >= 11 is 3.62. The van der Waals surface area contributed by atoms with Crippen LogP contribution in [0.25, 0.3) is 0 Å². The first-order valence-electron chi connectivity index (χ1n) is 6.43. The fourth-order valence-corrected chi connectivity index (χ4v) is 3.36. The lowest BCUT2D eigenvalue weighted by Gasteiger charge is -2.33. The van der Waals surface area contributed by atoms with E-state index in [4.69, 9.17) is 5.84 Å². The van der Waals surface area contributed by atoms with Crippen molar-refractivity contribution in [3.8, 4) is 0 Å². The first-order valence-corrected chi connectivity index (χ1v) is 7.22. The zero-order valence-corrected chi connectivity index (χ0v) is 11.9. The topological polar surface area (TPSA) is 38.0 Å². The van der Waals surface area contributed by atoms with Crippen molar-refractivity contribution in [1.82, 2.24) is 5.43 Å². The summed E-state index contributed by atoms with van der Waals surface area (Å²) < 4.78 is 1.15. The minimum absolute atomic E-state index is 0.276. The molecule has 0 amide bonds. The van der Waals surface area contributed by atoms with Gasteiger partial charge in [0.05, 0.1) is 0 Å². The molecule has 0 saturated heterocycles. The lowest BCUT2D eigenvalue weighted by atomic mass is 9.77. The highest BCUT2D eigenvalue weighted by molar-refractivity contribution is 9.10. The van der Waals surface area contributed by atoms with E-state index in [1.54, 1.807) is 0 Å². The Morgan fingerprint density at radius 2 is 1.88 bits per heavy atom. The molecule has 1 aromatic rings. The molecule has 17 heavy (non-hydrogen) atoms. The summed E-state index contributed by atoms with van der Waals surface area (Å²) in [4.78, 5) is 0. The van der Waals surface area contributed by atoms with Crippen molar-refractivity contribution in [2.45, 2.75) is 38.6 Å². The van der Waals surface area contributed by atoms with E-state index in [-0.39, 0.29) is 6.04 Å². The third-order valence-electron chi connectivity index (χ3n) is 3.95. The van der Waals surface area contributed by atoms with Crippen LogP contribution in [0, 0.1) is 11.8 Å². The fourth-order valence-electron chi connectivity index (χ4n) is 2.83. The number of nitrogens with two attached hydrogens (primary N) is 1. The Labute approximate surface area is 112 Å². The zero-order chi connectivity index (χ0) is 12.3. The number of hydrogen-bond donors (Lipinski definition) is 2. The minimum Gasteiger partial charge on any atom is -0.271 e. The maximum absolute atomic E-state index is 5.77. The van der Waals surface area contributed by atoms with Crippen molar-refractivity contribution < 1.29 is 0 Å². The van der Waals surface area contributed by atoms with Crippen LogP contribution in [0.15, 0.2) is 28.7 Å². The standard InChI is InChI=1S/C14H21BrN2/c1-10-6-8-11(9-7-10)14(17-16)12-4-2-3-5-13(12)15/h2-5,10-11,14,17H,6-9,16H2,1H3. The molecule has 3 heteroatoms. The molecular weight excluding hydrogens is 276 g/mol. The normalized spacial score (nSPS) is 26.8. The number of nitrogens with one attached hydrogen (secondary N) is 1. The third-order valence-corrected chi connectivity index (χ3v) is 4.67. The van der Waals surface area contributed by atoms with E-state index < -0.39 is 0 Å². The van der Waals surface area contributed by atoms with Gasteiger partial charge in [0.25, 0.3) is 0 Å². The van der Waals surface area contributed by atoms with Crippen LogP contribution in [-0.4, -0.2) is 0 Å². The van der Waals surface area contributed by atoms with Crippen LogP contribution in [0.4, 0.5) is 0 Å². The molecule has 1 aliphatic carbocycles. The average molecular weight is 297 g/mol.